The van der Waals surface area contributed by atoms with Gasteiger partial charge in [0.25, 0.3) is 0 Å². The van der Waals surface area contributed by atoms with Crippen molar-refractivity contribution >= 4 is 5.82 Å². The lowest BCUT2D eigenvalue weighted by molar-refractivity contribution is 0.362. The zero-order valence-corrected chi connectivity index (χ0v) is 10.2. The van der Waals surface area contributed by atoms with Gasteiger partial charge < -0.3 is 5.73 Å². The minimum Gasteiger partial charge on any atom is -0.384 e. The lowest BCUT2D eigenvalue weighted by Gasteiger charge is -2.20. The fourth-order valence-corrected chi connectivity index (χ4v) is 1.73. The highest BCUT2D eigenvalue weighted by Crippen LogP contribution is 2.26. The quantitative estimate of drug-likeness (QED) is 0.822. The second kappa shape index (κ2) is 3.87. The fraction of sp³-hybridized carbons (Fsp3) is 0.308. The smallest absolute Gasteiger partial charge is 0.132 e. The van der Waals surface area contributed by atoms with Crippen molar-refractivity contribution in [2.45, 2.75) is 26.3 Å². The Kier molecular flexibility index (Phi) is 2.65. The summed E-state index contributed by atoms with van der Waals surface area (Å²) in [6.45, 7) is 6.00. The highest BCUT2D eigenvalue weighted by molar-refractivity contribution is 5.63. The molecular formula is C13H16FN3. The van der Waals surface area contributed by atoms with Gasteiger partial charge in [-0.3, -0.25) is 0 Å². The fourth-order valence-electron chi connectivity index (χ4n) is 1.73. The molecule has 0 spiro atoms. The SMILES string of the molecule is CC(C)(C)n1nc(-c2ccccc2F)cc1N. The van der Waals surface area contributed by atoms with E-state index in [-0.39, 0.29) is 11.4 Å². The number of benzene rings is 1. The number of anilines is 1. The summed E-state index contributed by atoms with van der Waals surface area (Å²) < 4.78 is 15.3. The Hall–Kier alpha value is -1.84. The molecule has 0 saturated carbocycles. The van der Waals surface area contributed by atoms with Gasteiger partial charge in [0, 0.05) is 11.6 Å². The van der Waals surface area contributed by atoms with Crippen LogP contribution in [-0.4, -0.2) is 9.78 Å². The summed E-state index contributed by atoms with van der Waals surface area (Å²) in [5.74, 6) is 0.252. The van der Waals surface area contributed by atoms with Crippen LogP contribution in [0.2, 0.25) is 0 Å². The minimum atomic E-state index is -0.286. The van der Waals surface area contributed by atoms with Crippen LogP contribution in [0, 0.1) is 5.82 Å². The van der Waals surface area contributed by atoms with Crippen LogP contribution < -0.4 is 5.73 Å². The Morgan fingerprint density at radius 3 is 2.41 bits per heavy atom. The van der Waals surface area contributed by atoms with E-state index in [4.69, 9.17) is 5.73 Å². The molecule has 2 rings (SSSR count). The molecule has 1 aromatic carbocycles. The van der Waals surface area contributed by atoms with E-state index in [1.807, 2.05) is 20.8 Å². The molecule has 0 aliphatic heterocycles. The zero-order chi connectivity index (χ0) is 12.6. The van der Waals surface area contributed by atoms with E-state index >= 15 is 0 Å². The van der Waals surface area contributed by atoms with Crippen molar-refractivity contribution in [1.82, 2.24) is 9.78 Å². The van der Waals surface area contributed by atoms with Gasteiger partial charge >= 0.3 is 0 Å². The Morgan fingerprint density at radius 2 is 1.88 bits per heavy atom. The summed E-state index contributed by atoms with van der Waals surface area (Å²) >= 11 is 0. The third-order valence-corrected chi connectivity index (χ3v) is 2.52. The molecule has 0 fully saturated rings. The molecule has 0 aliphatic carbocycles. The monoisotopic (exact) mass is 233 g/mol. The number of hydrogen-bond donors (Lipinski definition) is 1. The molecule has 1 aromatic heterocycles. The molecule has 3 nitrogen and oxygen atoms in total. The molecule has 0 unspecified atom stereocenters. The molecule has 2 N–H and O–H groups in total. The predicted octanol–water partition coefficient (Wildman–Crippen LogP) is 3.03. The molecule has 0 bridgehead atoms. The molecule has 0 saturated heterocycles. The minimum absolute atomic E-state index is 0.215. The van der Waals surface area contributed by atoms with E-state index < -0.39 is 0 Å². The van der Waals surface area contributed by atoms with Crippen LogP contribution in [0.1, 0.15) is 20.8 Å². The van der Waals surface area contributed by atoms with Crippen molar-refractivity contribution in [1.29, 1.82) is 0 Å². The summed E-state index contributed by atoms with van der Waals surface area (Å²) in [5.41, 5.74) is 6.72. The van der Waals surface area contributed by atoms with E-state index in [0.717, 1.165) is 0 Å². The van der Waals surface area contributed by atoms with E-state index in [9.17, 15) is 4.39 Å². The summed E-state index contributed by atoms with van der Waals surface area (Å²) in [6.07, 6.45) is 0. The van der Waals surface area contributed by atoms with Crippen LogP contribution in [0.3, 0.4) is 0 Å². The van der Waals surface area contributed by atoms with E-state index in [1.54, 1.807) is 28.9 Å². The van der Waals surface area contributed by atoms with Crippen molar-refractivity contribution in [2.24, 2.45) is 0 Å². The zero-order valence-electron chi connectivity index (χ0n) is 10.2. The third-order valence-electron chi connectivity index (χ3n) is 2.52. The molecule has 90 valence electrons. The second-order valence-corrected chi connectivity index (χ2v) is 5.02. The Bertz CT molecular complexity index is 538. The molecule has 0 atom stereocenters. The predicted molar refractivity (Wildman–Crippen MR) is 67.0 cm³/mol. The van der Waals surface area contributed by atoms with Crippen LogP contribution in [0.4, 0.5) is 10.2 Å². The molecule has 17 heavy (non-hydrogen) atoms. The van der Waals surface area contributed by atoms with Gasteiger partial charge in [0.05, 0.1) is 11.2 Å². The van der Waals surface area contributed by atoms with Gasteiger partial charge in [-0.25, -0.2) is 9.07 Å². The number of hydrogen-bond acceptors (Lipinski definition) is 2. The molecule has 4 heteroatoms. The Morgan fingerprint density at radius 1 is 1.24 bits per heavy atom. The summed E-state index contributed by atoms with van der Waals surface area (Å²) in [7, 11) is 0. The first-order valence-corrected chi connectivity index (χ1v) is 5.50. The first-order valence-electron chi connectivity index (χ1n) is 5.50. The number of halogens is 1. The molecule has 2 aromatic rings. The molecule has 1 heterocycles. The molecule has 0 amide bonds. The number of rotatable bonds is 1. The Balaban J connectivity index is 2.53. The first kappa shape index (κ1) is 11.6. The van der Waals surface area contributed by atoms with Crippen LogP contribution >= 0.6 is 0 Å². The lowest BCUT2D eigenvalue weighted by Crippen LogP contribution is -2.24. The first-order chi connectivity index (χ1) is 7.89. The highest BCUT2D eigenvalue weighted by atomic mass is 19.1. The van der Waals surface area contributed by atoms with E-state index in [2.05, 4.69) is 5.10 Å². The van der Waals surface area contributed by atoms with Gasteiger partial charge in [-0.2, -0.15) is 5.10 Å². The maximum atomic E-state index is 13.6. The summed E-state index contributed by atoms with van der Waals surface area (Å²) in [5, 5.41) is 4.36. The van der Waals surface area contributed by atoms with E-state index in [0.29, 0.717) is 17.1 Å². The molecule has 0 radical (unpaired) electrons. The number of nitrogens with zero attached hydrogens (tertiary/aromatic N) is 2. The largest absolute Gasteiger partial charge is 0.384 e. The van der Waals surface area contributed by atoms with Gasteiger partial charge in [0.2, 0.25) is 0 Å². The summed E-state index contributed by atoms with van der Waals surface area (Å²) in [4.78, 5) is 0. The normalized spacial score (nSPS) is 11.8. The topological polar surface area (TPSA) is 43.8 Å². The maximum Gasteiger partial charge on any atom is 0.132 e. The molecule has 0 aliphatic rings. The third kappa shape index (κ3) is 2.16. The van der Waals surface area contributed by atoms with Crippen molar-refractivity contribution in [3.8, 4) is 11.3 Å². The second-order valence-electron chi connectivity index (χ2n) is 5.02. The van der Waals surface area contributed by atoms with E-state index in [1.165, 1.54) is 6.07 Å². The standard InChI is InChI=1S/C13H16FN3/c1-13(2,3)17-12(15)8-11(16-17)9-6-4-5-7-10(9)14/h4-8H,15H2,1-3H3. The van der Waals surface area contributed by atoms with Crippen LogP contribution in [-0.2, 0) is 5.54 Å². The van der Waals surface area contributed by atoms with Crippen molar-refractivity contribution < 1.29 is 4.39 Å². The lowest BCUT2D eigenvalue weighted by atomic mass is 10.1. The van der Waals surface area contributed by atoms with Crippen LogP contribution in [0.15, 0.2) is 30.3 Å². The van der Waals surface area contributed by atoms with Gasteiger partial charge in [-0.05, 0) is 32.9 Å². The van der Waals surface area contributed by atoms with Crippen molar-refractivity contribution in [3.05, 3.63) is 36.1 Å². The van der Waals surface area contributed by atoms with Gasteiger partial charge in [0.15, 0.2) is 0 Å². The highest BCUT2D eigenvalue weighted by Gasteiger charge is 2.19. The summed E-state index contributed by atoms with van der Waals surface area (Å²) in [6, 6.07) is 8.25. The maximum absolute atomic E-state index is 13.6. The Labute approximate surface area is 100 Å². The van der Waals surface area contributed by atoms with Crippen LogP contribution in [0.25, 0.3) is 11.3 Å². The number of aromatic nitrogens is 2. The average molecular weight is 233 g/mol. The number of nitrogen functional groups attached to an aromatic ring is 1. The van der Waals surface area contributed by atoms with Gasteiger partial charge in [-0.1, -0.05) is 12.1 Å². The average Bonchev–Trinajstić information content (AvgIpc) is 2.60. The van der Waals surface area contributed by atoms with Gasteiger partial charge in [-0.15, -0.1) is 0 Å². The van der Waals surface area contributed by atoms with Crippen molar-refractivity contribution in [3.63, 3.8) is 0 Å². The van der Waals surface area contributed by atoms with Gasteiger partial charge in [0.1, 0.15) is 11.6 Å². The molecular weight excluding hydrogens is 217 g/mol. The number of nitrogens with two attached hydrogens (primary N) is 1. The van der Waals surface area contributed by atoms with Crippen molar-refractivity contribution in [2.75, 3.05) is 5.73 Å². The van der Waals surface area contributed by atoms with Crippen LogP contribution in [0.5, 0.6) is 0 Å².